The number of aliphatic hydroxyl groups excluding tert-OH is 1. The monoisotopic (exact) mass is 334 g/mol. The second-order valence-corrected chi connectivity index (χ2v) is 7.36. The number of thiophene rings is 1. The van der Waals surface area contributed by atoms with Crippen LogP contribution in [0.15, 0.2) is 23.7 Å². The third-order valence-electron chi connectivity index (χ3n) is 4.82. The highest BCUT2D eigenvalue weighted by atomic mass is 32.1. The Labute approximate surface area is 142 Å². The van der Waals surface area contributed by atoms with Crippen LogP contribution in [0.5, 0.6) is 0 Å². The van der Waals surface area contributed by atoms with Gasteiger partial charge in [-0.25, -0.2) is 0 Å². The van der Waals surface area contributed by atoms with Crippen molar-refractivity contribution in [2.75, 3.05) is 26.2 Å². The molecule has 2 aromatic rings. The highest BCUT2D eigenvalue weighted by Gasteiger charge is 2.27. The molecule has 0 unspecified atom stereocenters. The largest absolute Gasteiger partial charge is 0.396 e. The molecule has 126 valence electrons. The van der Waals surface area contributed by atoms with Gasteiger partial charge in [-0.3, -0.25) is 14.5 Å². The summed E-state index contributed by atoms with van der Waals surface area (Å²) in [6.45, 7) is 7.48. The van der Waals surface area contributed by atoms with Gasteiger partial charge >= 0.3 is 0 Å². The van der Waals surface area contributed by atoms with Gasteiger partial charge in [0.15, 0.2) is 0 Å². The summed E-state index contributed by atoms with van der Waals surface area (Å²) in [6, 6.07) is 4.74. The molecule has 1 aliphatic heterocycles. The van der Waals surface area contributed by atoms with Crippen molar-refractivity contribution in [1.29, 1.82) is 0 Å². The van der Waals surface area contributed by atoms with Crippen molar-refractivity contribution in [2.24, 2.45) is 7.05 Å². The average Bonchev–Trinajstić information content (AvgIpc) is 3.15. The van der Waals surface area contributed by atoms with E-state index in [-0.39, 0.29) is 6.61 Å². The van der Waals surface area contributed by atoms with Crippen molar-refractivity contribution in [3.8, 4) is 0 Å². The molecule has 0 radical (unpaired) electrons. The SMILES string of the molecule is Cc1c(CN2CCN(Cc3cccs3)[C@H](CCO)C2)cnn1C. The predicted molar refractivity (Wildman–Crippen MR) is 93.4 cm³/mol. The van der Waals surface area contributed by atoms with Gasteiger partial charge in [0.1, 0.15) is 0 Å². The first kappa shape index (κ1) is 16.6. The summed E-state index contributed by atoms with van der Waals surface area (Å²) >= 11 is 1.82. The van der Waals surface area contributed by atoms with Crippen molar-refractivity contribution in [3.63, 3.8) is 0 Å². The van der Waals surface area contributed by atoms with E-state index in [1.807, 2.05) is 29.3 Å². The Morgan fingerprint density at radius 3 is 2.87 bits per heavy atom. The minimum atomic E-state index is 0.255. The van der Waals surface area contributed by atoms with Gasteiger partial charge in [0.2, 0.25) is 0 Å². The highest BCUT2D eigenvalue weighted by Crippen LogP contribution is 2.20. The fourth-order valence-electron chi connectivity index (χ4n) is 3.27. The Balaban J connectivity index is 1.62. The molecule has 0 amide bonds. The average molecular weight is 334 g/mol. The van der Waals surface area contributed by atoms with E-state index in [2.05, 4.69) is 39.3 Å². The number of hydrogen-bond acceptors (Lipinski definition) is 5. The molecule has 3 rings (SSSR count). The molecule has 0 aliphatic carbocycles. The Hall–Kier alpha value is -1.21. The molecular formula is C17H26N4OS. The van der Waals surface area contributed by atoms with Gasteiger partial charge in [-0.05, 0) is 24.8 Å². The molecule has 0 saturated carbocycles. The summed E-state index contributed by atoms with van der Waals surface area (Å²) in [4.78, 5) is 6.42. The van der Waals surface area contributed by atoms with E-state index in [9.17, 15) is 5.11 Å². The predicted octanol–water partition coefficient (Wildman–Crippen LogP) is 1.86. The van der Waals surface area contributed by atoms with Gasteiger partial charge in [0.25, 0.3) is 0 Å². The zero-order valence-electron chi connectivity index (χ0n) is 14.0. The van der Waals surface area contributed by atoms with Gasteiger partial charge < -0.3 is 5.11 Å². The van der Waals surface area contributed by atoms with E-state index in [1.54, 1.807) is 0 Å². The van der Waals surface area contributed by atoms with Crippen LogP contribution < -0.4 is 0 Å². The molecule has 3 heterocycles. The molecule has 1 saturated heterocycles. The quantitative estimate of drug-likeness (QED) is 0.876. The number of piperazine rings is 1. The first-order valence-electron chi connectivity index (χ1n) is 8.24. The van der Waals surface area contributed by atoms with Crippen LogP contribution in [-0.4, -0.2) is 57.0 Å². The lowest BCUT2D eigenvalue weighted by Gasteiger charge is -2.41. The molecule has 0 spiro atoms. The number of nitrogens with zero attached hydrogens (tertiary/aromatic N) is 4. The maximum absolute atomic E-state index is 9.43. The molecule has 1 atom stereocenters. The molecule has 2 aromatic heterocycles. The van der Waals surface area contributed by atoms with Crippen molar-refractivity contribution in [1.82, 2.24) is 19.6 Å². The second-order valence-electron chi connectivity index (χ2n) is 6.33. The lowest BCUT2D eigenvalue weighted by Crippen LogP contribution is -2.52. The minimum absolute atomic E-state index is 0.255. The lowest BCUT2D eigenvalue weighted by atomic mass is 10.1. The van der Waals surface area contributed by atoms with Gasteiger partial charge in [-0.15, -0.1) is 11.3 Å². The van der Waals surface area contributed by atoms with E-state index in [1.165, 1.54) is 16.1 Å². The van der Waals surface area contributed by atoms with Crippen molar-refractivity contribution >= 4 is 11.3 Å². The summed E-state index contributed by atoms with van der Waals surface area (Å²) < 4.78 is 1.94. The number of aryl methyl sites for hydroxylation is 1. The fraction of sp³-hybridized carbons (Fsp3) is 0.588. The van der Waals surface area contributed by atoms with E-state index in [4.69, 9.17) is 0 Å². The topological polar surface area (TPSA) is 44.5 Å². The third kappa shape index (κ3) is 4.01. The summed E-state index contributed by atoms with van der Waals surface area (Å²) in [5.74, 6) is 0. The van der Waals surface area contributed by atoms with Crippen molar-refractivity contribution in [2.45, 2.75) is 32.5 Å². The summed E-state index contributed by atoms with van der Waals surface area (Å²) in [7, 11) is 1.99. The maximum Gasteiger partial charge on any atom is 0.0537 e. The van der Waals surface area contributed by atoms with Crippen molar-refractivity contribution < 1.29 is 5.11 Å². The highest BCUT2D eigenvalue weighted by molar-refractivity contribution is 7.09. The second kappa shape index (κ2) is 7.57. The van der Waals surface area contributed by atoms with Gasteiger partial charge in [0, 0.05) is 68.6 Å². The van der Waals surface area contributed by atoms with Crippen LogP contribution in [-0.2, 0) is 20.1 Å². The Kier molecular flexibility index (Phi) is 5.48. The Morgan fingerprint density at radius 2 is 2.22 bits per heavy atom. The molecular weight excluding hydrogens is 308 g/mol. The molecule has 0 bridgehead atoms. The molecule has 23 heavy (non-hydrogen) atoms. The summed E-state index contributed by atoms with van der Waals surface area (Å²) in [5, 5.41) is 15.9. The van der Waals surface area contributed by atoms with Crippen LogP contribution >= 0.6 is 11.3 Å². The summed E-state index contributed by atoms with van der Waals surface area (Å²) in [6.07, 6.45) is 2.82. The number of hydrogen-bond donors (Lipinski definition) is 1. The van der Waals surface area contributed by atoms with Gasteiger partial charge in [0.05, 0.1) is 6.20 Å². The standard InChI is InChI=1S/C17H26N4OS/c1-14-15(10-18-19(14)2)11-20-6-7-21(16(12-20)5-8-22)13-17-4-3-9-23-17/h3-4,9-10,16,22H,5-8,11-13H2,1-2H3/t16-/m1/s1. The molecule has 0 aromatic carbocycles. The van der Waals surface area contributed by atoms with Crippen LogP contribution in [0.25, 0.3) is 0 Å². The fourth-order valence-corrected chi connectivity index (χ4v) is 4.00. The third-order valence-corrected chi connectivity index (χ3v) is 5.68. The smallest absolute Gasteiger partial charge is 0.0537 e. The van der Waals surface area contributed by atoms with E-state index < -0.39 is 0 Å². The van der Waals surface area contributed by atoms with E-state index in [0.29, 0.717) is 6.04 Å². The first-order valence-corrected chi connectivity index (χ1v) is 9.12. The lowest BCUT2D eigenvalue weighted by molar-refractivity contribution is 0.0505. The molecule has 1 N–H and O–H groups in total. The van der Waals surface area contributed by atoms with Crippen LogP contribution in [0.2, 0.25) is 0 Å². The van der Waals surface area contributed by atoms with E-state index >= 15 is 0 Å². The first-order chi connectivity index (χ1) is 11.2. The molecule has 1 aliphatic rings. The normalized spacial score (nSPS) is 20.2. The maximum atomic E-state index is 9.43. The zero-order chi connectivity index (χ0) is 16.2. The molecule has 6 heteroatoms. The van der Waals surface area contributed by atoms with Crippen molar-refractivity contribution in [3.05, 3.63) is 39.8 Å². The number of aliphatic hydroxyl groups is 1. The number of aromatic nitrogens is 2. The van der Waals surface area contributed by atoms with Crippen LogP contribution in [0.1, 0.15) is 22.6 Å². The minimum Gasteiger partial charge on any atom is -0.396 e. The zero-order valence-corrected chi connectivity index (χ0v) is 14.8. The summed E-state index contributed by atoms with van der Waals surface area (Å²) in [5.41, 5.74) is 2.55. The molecule has 1 fully saturated rings. The van der Waals surface area contributed by atoms with Gasteiger partial charge in [-0.2, -0.15) is 5.10 Å². The van der Waals surface area contributed by atoms with Crippen LogP contribution in [0.4, 0.5) is 0 Å². The van der Waals surface area contributed by atoms with Crippen LogP contribution in [0, 0.1) is 6.92 Å². The Bertz CT molecular complexity index is 610. The van der Waals surface area contributed by atoms with Crippen LogP contribution in [0.3, 0.4) is 0 Å². The molecule has 5 nitrogen and oxygen atoms in total. The Morgan fingerprint density at radius 1 is 1.35 bits per heavy atom. The number of rotatable bonds is 6. The van der Waals surface area contributed by atoms with Gasteiger partial charge in [-0.1, -0.05) is 6.07 Å². The van der Waals surface area contributed by atoms with E-state index in [0.717, 1.165) is 39.1 Å².